The second-order valence-corrected chi connectivity index (χ2v) is 16.5. The van der Waals surface area contributed by atoms with Crippen molar-refractivity contribution in [1.29, 1.82) is 0 Å². The van der Waals surface area contributed by atoms with Gasteiger partial charge in [-0.25, -0.2) is 0 Å². The summed E-state index contributed by atoms with van der Waals surface area (Å²) in [6, 6.07) is 57.1. The lowest BCUT2D eigenvalue weighted by atomic mass is 10.0. The Bertz CT molecular complexity index is 2700. The molecule has 0 N–H and O–H groups in total. The quantitative estimate of drug-likeness (QED) is 0.192. The molecule has 3 nitrogen and oxygen atoms in total. The van der Waals surface area contributed by atoms with Crippen LogP contribution in [0.4, 0.5) is 17.1 Å². The van der Waals surface area contributed by atoms with Gasteiger partial charge >= 0.3 is 0 Å². The highest BCUT2D eigenvalue weighted by atomic mass is 32.3. The Hall–Kier alpha value is -5.71. The number of nitrogens with zero attached hydrogens (tertiary/aromatic N) is 2. The van der Waals surface area contributed by atoms with Crippen molar-refractivity contribution in [2.45, 2.75) is 9.79 Å². The second kappa shape index (κ2) is 10.1. The topological polar surface area (TPSA) is 21.3 Å². The van der Waals surface area contributed by atoms with Gasteiger partial charge in [-0.2, -0.15) is 10.0 Å². The normalized spacial score (nSPS) is 14.0. The highest BCUT2D eigenvalue weighted by Crippen LogP contribution is 2.69. The van der Waals surface area contributed by atoms with Crippen molar-refractivity contribution in [3.8, 4) is 16.8 Å². The van der Waals surface area contributed by atoms with Gasteiger partial charge in [0.05, 0.1) is 16.7 Å². The number of anilines is 3. The monoisotopic (exact) mass is 636 g/mol. The summed E-state index contributed by atoms with van der Waals surface area (Å²) in [5.41, 5.74) is 11.4. The molecule has 0 saturated heterocycles. The summed E-state index contributed by atoms with van der Waals surface area (Å²) in [6.07, 6.45) is 4.85. The molecule has 0 spiro atoms. The van der Waals surface area contributed by atoms with E-state index in [4.69, 9.17) is 4.42 Å². The van der Waals surface area contributed by atoms with Crippen molar-refractivity contribution < 1.29 is 4.42 Å². The molecule has 0 fully saturated rings. The Balaban J connectivity index is 1.25. The fraction of sp³-hybridized carbons (Fsp3) is 0.0455. The minimum Gasteiger partial charge on any atom is -0.455 e. The van der Waals surface area contributed by atoms with Gasteiger partial charge in [0.25, 0.3) is 0 Å². The number of fused-ring (bicyclic) bond motifs is 10. The van der Waals surface area contributed by atoms with Gasteiger partial charge in [-0.05, 0) is 84.8 Å². The van der Waals surface area contributed by atoms with Crippen LogP contribution in [0.3, 0.4) is 0 Å². The van der Waals surface area contributed by atoms with E-state index in [9.17, 15) is 0 Å². The van der Waals surface area contributed by atoms with Crippen LogP contribution in [0.25, 0.3) is 60.6 Å². The number of aromatic nitrogens is 1. The fourth-order valence-electron chi connectivity index (χ4n) is 7.88. The van der Waals surface area contributed by atoms with Crippen LogP contribution in [0.2, 0.25) is 0 Å². The Labute approximate surface area is 280 Å². The lowest BCUT2D eigenvalue weighted by Crippen LogP contribution is -2.12. The summed E-state index contributed by atoms with van der Waals surface area (Å²) in [5.74, 6) is 0. The maximum absolute atomic E-state index is 6.59. The summed E-state index contributed by atoms with van der Waals surface area (Å²) >= 11 is 0. The van der Waals surface area contributed by atoms with Gasteiger partial charge in [-0.1, -0.05) is 91.0 Å². The first-order chi connectivity index (χ1) is 23.6. The average molecular weight is 637 g/mol. The Morgan fingerprint density at radius 3 is 2.08 bits per heavy atom. The summed E-state index contributed by atoms with van der Waals surface area (Å²) < 4.78 is 9.02. The molecule has 1 aliphatic heterocycles. The van der Waals surface area contributed by atoms with Crippen LogP contribution in [0.1, 0.15) is 0 Å². The van der Waals surface area contributed by atoms with Crippen molar-refractivity contribution in [3.63, 3.8) is 0 Å². The molecule has 0 unspecified atom stereocenters. The van der Waals surface area contributed by atoms with E-state index in [-0.39, 0.29) is 0 Å². The van der Waals surface area contributed by atoms with Crippen molar-refractivity contribution >= 4 is 70.8 Å². The molecule has 0 amide bonds. The van der Waals surface area contributed by atoms with Crippen LogP contribution >= 0.6 is 10.0 Å². The van der Waals surface area contributed by atoms with Crippen molar-refractivity contribution in [3.05, 3.63) is 158 Å². The van der Waals surface area contributed by atoms with E-state index in [0.29, 0.717) is 0 Å². The molecule has 7 aromatic carbocycles. The van der Waals surface area contributed by atoms with E-state index >= 15 is 0 Å². The highest BCUT2D eigenvalue weighted by molar-refractivity contribution is 8.33. The number of para-hydroxylation sites is 5. The van der Waals surface area contributed by atoms with Gasteiger partial charge in [0, 0.05) is 54.0 Å². The van der Waals surface area contributed by atoms with Crippen molar-refractivity contribution in [1.82, 2.24) is 4.57 Å². The van der Waals surface area contributed by atoms with Gasteiger partial charge in [0.2, 0.25) is 0 Å². The van der Waals surface area contributed by atoms with Crippen LogP contribution in [0.5, 0.6) is 0 Å². The molecule has 10 rings (SSSR count). The molecular weight excluding hydrogens is 605 g/mol. The number of hydrogen-bond donors (Lipinski definition) is 0. The SMILES string of the molecule is CS1(C)c2cc(N(c3ccccc3)c3cccc4c5ccccc5n(-c5ccccc5)c34)ccc2-c2c1ccc1c2oc2ccccc21. The van der Waals surface area contributed by atoms with Crippen LogP contribution < -0.4 is 4.90 Å². The van der Waals surface area contributed by atoms with Crippen LogP contribution in [0, 0.1) is 0 Å². The second-order valence-electron chi connectivity index (χ2n) is 13.0. The van der Waals surface area contributed by atoms with Gasteiger partial charge < -0.3 is 13.9 Å². The summed E-state index contributed by atoms with van der Waals surface area (Å²) in [5, 5.41) is 4.84. The van der Waals surface area contributed by atoms with Crippen molar-refractivity contribution in [2.24, 2.45) is 0 Å². The van der Waals surface area contributed by atoms with Crippen LogP contribution in [-0.2, 0) is 0 Å². The Morgan fingerprint density at radius 2 is 1.25 bits per heavy atom. The van der Waals surface area contributed by atoms with Crippen LogP contribution in [-0.4, -0.2) is 17.1 Å². The smallest absolute Gasteiger partial charge is 0.144 e. The first-order valence-electron chi connectivity index (χ1n) is 16.3. The molecule has 0 bridgehead atoms. The van der Waals surface area contributed by atoms with E-state index in [0.717, 1.165) is 33.9 Å². The first-order valence-corrected chi connectivity index (χ1v) is 18.8. The molecule has 0 saturated carbocycles. The summed E-state index contributed by atoms with van der Waals surface area (Å²) in [7, 11) is -1.32. The summed E-state index contributed by atoms with van der Waals surface area (Å²) in [6.45, 7) is 0. The van der Waals surface area contributed by atoms with E-state index in [1.54, 1.807) is 0 Å². The molecule has 48 heavy (non-hydrogen) atoms. The first kappa shape index (κ1) is 27.4. The minimum atomic E-state index is -1.32. The number of rotatable bonds is 4. The predicted molar refractivity (Wildman–Crippen MR) is 204 cm³/mol. The van der Waals surface area contributed by atoms with E-state index < -0.39 is 10.0 Å². The standard InChI is InChI=1S/C44H32N2OS/c1-48(2)40-27-26-35-33-19-10-12-23-39(33)47-44(35)42(40)36-25-24-31(28-41(36)48)45(29-14-5-3-6-15-29)38-22-13-20-34-32-18-9-11-21-37(32)46(43(34)38)30-16-7-4-8-17-30/h3-28H,1-2H3. The summed E-state index contributed by atoms with van der Waals surface area (Å²) in [4.78, 5) is 5.22. The number of furan rings is 1. The predicted octanol–water partition coefficient (Wildman–Crippen LogP) is 12.6. The zero-order chi connectivity index (χ0) is 32.0. The lowest BCUT2D eigenvalue weighted by Gasteiger charge is -2.31. The Morgan fingerprint density at radius 1 is 0.542 bits per heavy atom. The zero-order valence-corrected chi connectivity index (χ0v) is 27.5. The highest BCUT2D eigenvalue weighted by Gasteiger charge is 2.35. The van der Waals surface area contributed by atoms with E-state index in [1.165, 1.54) is 53.5 Å². The third kappa shape index (κ3) is 3.78. The van der Waals surface area contributed by atoms with Crippen LogP contribution in [0.15, 0.2) is 172 Å². The molecule has 230 valence electrons. The molecule has 0 radical (unpaired) electrons. The van der Waals surface area contributed by atoms with Gasteiger partial charge in [0.1, 0.15) is 11.2 Å². The molecule has 0 atom stereocenters. The molecule has 9 aromatic rings. The Kier molecular flexibility index (Phi) is 5.79. The third-order valence-electron chi connectivity index (χ3n) is 10.0. The number of benzene rings is 7. The van der Waals surface area contributed by atoms with Gasteiger partial charge in [-0.15, -0.1) is 0 Å². The minimum absolute atomic E-state index is 0.941. The maximum Gasteiger partial charge on any atom is 0.144 e. The van der Waals surface area contributed by atoms with Gasteiger partial charge in [-0.3, -0.25) is 0 Å². The third-order valence-corrected chi connectivity index (χ3v) is 12.9. The largest absolute Gasteiger partial charge is 0.455 e. The lowest BCUT2D eigenvalue weighted by molar-refractivity contribution is 0.669. The molecule has 3 heterocycles. The number of hydrogen-bond acceptors (Lipinski definition) is 2. The zero-order valence-electron chi connectivity index (χ0n) is 26.7. The molecule has 1 aliphatic rings. The maximum atomic E-state index is 6.59. The fourth-order valence-corrected chi connectivity index (χ4v) is 10.4. The molecule has 0 aliphatic carbocycles. The van der Waals surface area contributed by atoms with Gasteiger partial charge in [0.15, 0.2) is 0 Å². The molecule has 4 heteroatoms. The average Bonchev–Trinajstić information content (AvgIpc) is 3.75. The molecular formula is C44H32N2OS. The van der Waals surface area contributed by atoms with E-state index in [1.807, 2.05) is 0 Å². The van der Waals surface area contributed by atoms with E-state index in [2.05, 4.69) is 180 Å². The molecule has 2 aromatic heterocycles. The van der Waals surface area contributed by atoms with Crippen molar-refractivity contribution in [2.75, 3.05) is 17.4 Å².